The maximum atomic E-state index is 14.4. The Bertz CT molecular complexity index is 2950. The normalized spacial score (nSPS) is 16.6. The first-order valence-corrected chi connectivity index (χ1v) is 24.1. The van der Waals surface area contributed by atoms with Crippen LogP contribution in [-0.4, -0.2) is 117 Å². The summed E-state index contributed by atoms with van der Waals surface area (Å²) in [5.41, 5.74) is 10.7. The molecule has 10 rings (SSSR count). The van der Waals surface area contributed by atoms with Crippen LogP contribution in [0.15, 0.2) is 79.4 Å². The molecule has 0 radical (unpaired) electrons. The van der Waals surface area contributed by atoms with E-state index in [9.17, 15) is 14.3 Å². The lowest BCUT2D eigenvalue weighted by Gasteiger charge is -2.35. The lowest BCUT2D eigenvalue weighted by molar-refractivity contribution is -0.145. The number of carboxylic acid groups (broad SMARTS) is 1. The molecule has 4 aromatic heterocycles. The van der Waals surface area contributed by atoms with Gasteiger partial charge in [-0.3, -0.25) is 4.90 Å². The van der Waals surface area contributed by atoms with Crippen LogP contribution < -0.4 is 30.0 Å². The molecule has 0 unspecified atom stereocenters. The number of fused-ring (bicyclic) bond motifs is 7. The van der Waals surface area contributed by atoms with Crippen molar-refractivity contribution in [1.82, 2.24) is 34.7 Å². The average Bonchev–Trinajstić information content (AvgIpc) is 3.74. The van der Waals surface area contributed by atoms with Gasteiger partial charge in [-0.1, -0.05) is 35.3 Å². The van der Waals surface area contributed by atoms with E-state index in [1.807, 2.05) is 26.0 Å². The molecule has 4 N–H and O–H groups in total. The molecule has 3 aliphatic heterocycles. The number of halogens is 3. The van der Waals surface area contributed by atoms with Crippen LogP contribution in [0.25, 0.3) is 43.2 Å². The summed E-state index contributed by atoms with van der Waals surface area (Å²) in [5.74, 6) is 0.711. The number of aromatic nitrogens is 5. The summed E-state index contributed by atoms with van der Waals surface area (Å²) in [6.07, 6.45) is 3.33. The number of thiophene rings is 1. The van der Waals surface area contributed by atoms with Crippen molar-refractivity contribution in [3.63, 3.8) is 0 Å². The van der Waals surface area contributed by atoms with Crippen molar-refractivity contribution in [3.8, 4) is 56.1 Å². The Kier molecular flexibility index (Phi) is 14.7. The molecule has 0 amide bonds. The first-order chi connectivity index (χ1) is 33.4. The number of carboxylic acids is 1. The highest BCUT2D eigenvalue weighted by Gasteiger charge is 2.32. The van der Waals surface area contributed by atoms with E-state index >= 15 is 0 Å². The van der Waals surface area contributed by atoms with E-state index in [0.717, 1.165) is 44.0 Å². The van der Waals surface area contributed by atoms with Crippen LogP contribution in [0.2, 0.25) is 10.0 Å². The summed E-state index contributed by atoms with van der Waals surface area (Å²) in [4.78, 5) is 42.1. The molecule has 15 nitrogen and oxygen atoms in total. The molecule has 0 spiro atoms. The smallest absolute Gasteiger partial charge is 0.345 e. The molecule has 0 saturated carbocycles. The monoisotopic (exact) mass is 993 g/mol. The molecule has 69 heavy (non-hydrogen) atoms. The molecule has 0 aliphatic carbocycles. The van der Waals surface area contributed by atoms with Gasteiger partial charge in [-0.2, -0.15) is 0 Å². The number of hydrogen-bond acceptors (Lipinski definition) is 15. The molecule has 4 bridgehead atoms. The first kappa shape index (κ1) is 47.8. The minimum absolute atomic E-state index is 0.0205. The molecule has 2 atom stereocenters. The second-order valence-corrected chi connectivity index (χ2v) is 18.7. The second kappa shape index (κ2) is 21.2. The van der Waals surface area contributed by atoms with E-state index in [4.69, 9.17) is 52.9 Å². The van der Waals surface area contributed by atoms with Crippen molar-refractivity contribution in [2.24, 2.45) is 5.73 Å². The summed E-state index contributed by atoms with van der Waals surface area (Å²) in [6.45, 7) is 9.14. The highest BCUT2D eigenvalue weighted by Crippen LogP contribution is 2.53. The minimum Gasteiger partial charge on any atom is -0.490 e. The highest BCUT2D eigenvalue weighted by atomic mass is 35.5. The van der Waals surface area contributed by atoms with Crippen LogP contribution in [0.4, 0.5) is 10.2 Å². The number of rotatable bonds is 12. The fourth-order valence-corrected chi connectivity index (χ4v) is 10.1. The van der Waals surface area contributed by atoms with Crippen molar-refractivity contribution in [3.05, 3.63) is 118 Å². The number of nitrogens with one attached hydrogen (secondary N) is 1. The molecule has 3 aromatic carbocycles. The molecule has 19 heteroatoms. The first-order valence-electron chi connectivity index (χ1n) is 22.5. The summed E-state index contributed by atoms with van der Waals surface area (Å²) in [5, 5.41) is 15.2. The van der Waals surface area contributed by atoms with Gasteiger partial charge in [0.15, 0.2) is 11.6 Å². The van der Waals surface area contributed by atoms with E-state index < -0.39 is 24.0 Å². The number of carbonyl (C=O) groups is 1. The van der Waals surface area contributed by atoms with Crippen molar-refractivity contribution < 1.29 is 33.2 Å². The van der Waals surface area contributed by atoms with Gasteiger partial charge in [0.25, 0.3) is 0 Å². The molecule has 7 heterocycles. The Balaban J connectivity index is 1.12. The maximum absolute atomic E-state index is 14.4. The summed E-state index contributed by atoms with van der Waals surface area (Å²) in [7, 11) is 2.10. The quantitative estimate of drug-likeness (QED) is 0.0988. The number of nitrogens with zero attached hydrogens (tertiary/aromatic N) is 7. The van der Waals surface area contributed by atoms with E-state index in [2.05, 4.69) is 42.1 Å². The van der Waals surface area contributed by atoms with Gasteiger partial charge in [0, 0.05) is 79.7 Å². The van der Waals surface area contributed by atoms with Gasteiger partial charge in [0.1, 0.15) is 53.6 Å². The fourth-order valence-electron chi connectivity index (χ4n) is 8.43. The molecule has 3 aliphatic rings. The number of ether oxygens (including phenoxy) is 4. The molecule has 1 fully saturated rings. The van der Waals surface area contributed by atoms with Gasteiger partial charge in [0.2, 0.25) is 12.0 Å². The zero-order valence-electron chi connectivity index (χ0n) is 38.2. The largest absolute Gasteiger partial charge is 0.490 e. The number of aliphatic carboxylic acids is 1. The predicted octanol–water partition coefficient (Wildman–Crippen LogP) is 8.74. The Morgan fingerprint density at radius 1 is 0.957 bits per heavy atom. The summed E-state index contributed by atoms with van der Waals surface area (Å²) >= 11 is 16.0. The number of nitrogens with two attached hydrogens (primary N) is 1. The SMILES string of the molecule is Cc1c(Cl)c2c(Cl)c(C)c1-c1c(-c3ccc(F)cc3)sc3ncnc(c13)O[C@@H](C(=O)O)Cc1cc(ccc1OCc1ccnc(-c3ccc(NCCCN)nc3)n1)OC[C@@H](CN1CCN(C)CC1)O2. The summed E-state index contributed by atoms with van der Waals surface area (Å²) < 4.78 is 40.7. The topological polar surface area (TPSA) is 183 Å². The zero-order valence-corrected chi connectivity index (χ0v) is 40.5. The van der Waals surface area contributed by atoms with Crippen molar-refractivity contribution >= 4 is 56.5 Å². The Labute approximate surface area is 412 Å². The van der Waals surface area contributed by atoms with Gasteiger partial charge >= 0.3 is 5.97 Å². The van der Waals surface area contributed by atoms with Gasteiger partial charge in [0.05, 0.1) is 21.1 Å². The number of pyridine rings is 1. The molecule has 1 saturated heterocycles. The third kappa shape index (κ3) is 10.7. The third-order valence-corrected chi connectivity index (χ3v) is 14.2. The minimum atomic E-state index is -1.48. The van der Waals surface area contributed by atoms with E-state index in [1.54, 1.807) is 48.8 Å². The molecule has 358 valence electrons. The lowest BCUT2D eigenvalue weighted by atomic mass is 9.92. The average molecular weight is 995 g/mol. The van der Waals surface area contributed by atoms with Crippen LogP contribution in [0.1, 0.15) is 28.8 Å². The van der Waals surface area contributed by atoms with Crippen molar-refractivity contribution in [1.29, 1.82) is 0 Å². The lowest BCUT2D eigenvalue weighted by Crippen LogP contribution is -2.49. The van der Waals surface area contributed by atoms with Gasteiger partial charge < -0.3 is 40.0 Å². The van der Waals surface area contributed by atoms with Gasteiger partial charge in [-0.05, 0) is 105 Å². The standard InChI is InChI=1S/C50H50Cl2FN9O6S/c1-28-40-29(2)44(52)45(43(28)51)67-36(24-62-19-17-61(3)18-20-62)26-65-35-10-11-37(66-25-34-13-16-56-47(60-34)31-7-12-39(57-23-31)55-15-4-14-54)32(21-35)22-38(50(63)64)68-48-42-41(40)46(69-49(42)59-27-58-48)30-5-8-33(53)9-6-30/h5-13,16,21,23,27,36,38H,4,14-15,17-20,22,24-26,54H2,1-3H3,(H,55,57)(H,63,64)/t36-,38-/m1/s1. The Hall–Kier alpha value is -6.21. The summed E-state index contributed by atoms with van der Waals surface area (Å²) in [6, 6.07) is 16.9. The highest BCUT2D eigenvalue weighted by molar-refractivity contribution is 7.22. The van der Waals surface area contributed by atoms with Crippen LogP contribution in [-0.2, 0) is 17.8 Å². The van der Waals surface area contributed by atoms with Crippen LogP contribution in [0, 0.1) is 19.7 Å². The Morgan fingerprint density at radius 3 is 2.45 bits per heavy atom. The molecule has 7 aromatic rings. The molecular weight excluding hydrogens is 945 g/mol. The second-order valence-electron chi connectivity index (χ2n) is 17.0. The fraction of sp³-hybridized carbons (Fsp3) is 0.320. The number of benzene rings is 3. The maximum Gasteiger partial charge on any atom is 0.345 e. The molecular formula is C50H50Cl2FN9O6S. The Morgan fingerprint density at radius 2 is 1.72 bits per heavy atom. The predicted molar refractivity (Wildman–Crippen MR) is 266 cm³/mol. The number of hydrogen-bond donors (Lipinski definition) is 3. The third-order valence-electron chi connectivity index (χ3n) is 12.2. The van der Waals surface area contributed by atoms with E-state index in [1.165, 1.54) is 29.8 Å². The number of likely N-dealkylation sites (N-methyl/N-ethyl adjacent to an activating group) is 1. The zero-order chi connectivity index (χ0) is 48.2. The van der Waals surface area contributed by atoms with E-state index in [0.29, 0.717) is 107 Å². The van der Waals surface area contributed by atoms with Crippen LogP contribution in [0.5, 0.6) is 23.1 Å². The van der Waals surface area contributed by atoms with Crippen LogP contribution >= 0.6 is 34.5 Å². The van der Waals surface area contributed by atoms with Gasteiger partial charge in [-0.15, -0.1) is 11.3 Å². The number of piperazine rings is 1. The van der Waals surface area contributed by atoms with Crippen molar-refractivity contribution in [2.75, 3.05) is 64.8 Å². The van der Waals surface area contributed by atoms with E-state index in [-0.39, 0.29) is 25.5 Å². The van der Waals surface area contributed by atoms with Crippen molar-refractivity contribution in [2.45, 2.75) is 45.5 Å². The number of anilines is 1. The van der Waals surface area contributed by atoms with Gasteiger partial charge in [-0.25, -0.2) is 34.1 Å². The van der Waals surface area contributed by atoms with Crippen LogP contribution in [0.3, 0.4) is 0 Å².